The number of aryl methyl sites for hydroxylation is 1. The van der Waals surface area contributed by atoms with Crippen molar-refractivity contribution in [2.75, 3.05) is 0 Å². The first-order valence-corrected chi connectivity index (χ1v) is 9.98. The van der Waals surface area contributed by atoms with Crippen LogP contribution in [-0.4, -0.2) is 9.97 Å². The molecule has 0 radical (unpaired) electrons. The van der Waals surface area contributed by atoms with Crippen molar-refractivity contribution in [2.45, 2.75) is 53.9 Å². The molecular formula is C26H32N2. The SMILES string of the molecule is C=Cc1ccc(-c2cc(C(C)(C)C)cc(-c3ccccn3)c2C)nc1C.CC. The minimum absolute atomic E-state index is 0.0437. The third-order valence-corrected chi connectivity index (χ3v) is 4.84. The van der Waals surface area contributed by atoms with E-state index in [9.17, 15) is 0 Å². The van der Waals surface area contributed by atoms with E-state index in [1.54, 1.807) is 0 Å². The highest BCUT2D eigenvalue weighted by molar-refractivity contribution is 5.77. The van der Waals surface area contributed by atoms with Crippen molar-refractivity contribution in [1.82, 2.24) is 9.97 Å². The van der Waals surface area contributed by atoms with E-state index >= 15 is 0 Å². The predicted molar refractivity (Wildman–Crippen MR) is 123 cm³/mol. The number of benzene rings is 1. The van der Waals surface area contributed by atoms with Crippen LogP contribution < -0.4 is 0 Å². The number of aromatic nitrogens is 2. The van der Waals surface area contributed by atoms with Crippen LogP contribution in [-0.2, 0) is 5.41 Å². The molecule has 2 nitrogen and oxygen atoms in total. The van der Waals surface area contributed by atoms with E-state index in [-0.39, 0.29) is 5.41 Å². The minimum atomic E-state index is 0.0437. The molecule has 0 amide bonds. The molecule has 0 atom stereocenters. The molecule has 0 spiro atoms. The first kappa shape index (κ1) is 21.6. The molecular weight excluding hydrogens is 340 g/mol. The summed E-state index contributed by atoms with van der Waals surface area (Å²) in [4.78, 5) is 9.42. The smallest absolute Gasteiger partial charge is 0.0708 e. The molecule has 28 heavy (non-hydrogen) atoms. The number of rotatable bonds is 3. The minimum Gasteiger partial charge on any atom is -0.256 e. The normalized spacial score (nSPS) is 10.8. The Bertz CT molecular complexity index is 948. The van der Waals surface area contributed by atoms with Crippen LogP contribution in [0.4, 0.5) is 0 Å². The highest BCUT2D eigenvalue weighted by Crippen LogP contribution is 2.36. The highest BCUT2D eigenvalue weighted by atomic mass is 14.7. The average Bonchev–Trinajstić information content (AvgIpc) is 2.69. The maximum Gasteiger partial charge on any atom is 0.0708 e. The van der Waals surface area contributed by atoms with Crippen molar-refractivity contribution >= 4 is 6.08 Å². The Kier molecular flexibility index (Phi) is 6.90. The monoisotopic (exact) mass is 372 g/mol. The molecule has 2 heteroatoms. The molecule has 0 unspecified atom stereocenters. The average molecular weight is 373 g/mol. The van der Waals surface area contributed by atoms with Gasteiger partial charge in [-0.2, -0.15) is 0 Å². The van der Waals surface area contributed by atoms with Crippen molar-refractivity contribution in [1.29, 1.82) is 0 Å². The van der Waals surface area contributed by atoms with Gasteiger partial charge >= 0.3 is 0 Å². The fraction of sp³-hybridized carbons (Fsp3) is 0.308. The molecule has 0 fully saturated rings. The number of nitrogens with zero attached hydrogens (tertiary/aromatic N) is 2. The van der Waals surface area contributed by atoms with Crippen LogP contribution in [0.25, 0.3) is 28.6 Å². The first-order chi connectivity index (χ1) is 13.3. The van der Waals surface area contributed by atoms with Crippen molar-refractivity contribution in [3.8, 4) is 22.5 Å². The van der Waals surface area contributed by atoms with Gasteiger partial charge in [0.2, 0.25) is 0 Å². The molecule has 2 heterocycles. The molecule has 0 N–H and O–H groups in total. The maximum atomic E-state index is 4.84. The lowest BCUT2D eigenvalue weighted by atomic mass is 9.82. The van der Waals surface area contributed by atoms with E-state index in [0.29, 0.717) is 0 Å². The summed E-state index contributed by atoms with van der Waals surface area (Å²) in [5.74, 6) is 0. The van der Waals surface area contributed by atoms with Gasteiger partial charge in [-0.3, -0.25) is 9.97 Å². The van der Waals surface area contributed by atoms with Crippen LogP contribution in [0.1, 0.15) is 57.0 Å². The Morgan fingerprint density at radius 1 is 0.893 bits per heavy atom. The molecule has 146 valence electrons. The highest BCUT2D eigenvalue weighted by Gasteiger charge is 2.20. The molecule has 0 aliphatic carbocycles. The van der Waals surface area contributed by atoms with Crippen LogP contribution >= 0.6 is 0 Å². The van der Waals surface area contributed by atoms with E-state index in [1.165, 1.54) is 16.7 Å². The quantitative estimate of drug-likeness (QED) is 0.479. The van der Waals surface area contributed by atoms with Crippen LogP contribution in [0.2, 0.25) is 0 Å². The Hall–Kier alpha value is -2.74. The zero-order chi connectivity index (χ0) is 20.9. The molecule has 0 aliphatic rings. The van der Waals surface area contributed by atoms with Gasteiger partial charge in [-0.15, -0.1) is 0 Å². The van der Waals surface area contributed by atoms with Gasteiger partial charge in [0, 0.05) is 23.0 Å². The van der Waals surface area contributed by atoms with Gasteiger partial charge in [-0.05, 0) is 66.3 Å². The fourth-order valence-electron chi connectivity index (χ4n) is 3.14. The van der Waals surface area contributed by atoms with E-state index in [0.717, 1.165) is 28.2 Å². The largest absolute Gasteiger partial charge is 0.256 e. The molecule has 3 aromatic rings. The van der Waals surface area contributed by atoms with Crippen molar-refractivity contribution in [3.05, 3.63) is 77.6 Å². The summed E-state index contributed by atoms with van der Waals surface area (Å²) >= 11 is 0. The lowest BCUT2D eigenvalue weighted by molar-refractivity contribution is 0.590. The van der Waals surface area contributed by atoms with Crippen molar-refractivity contribution < 1.29 is 0 Å². The first-order valence-electron chi connectivity index (χ1n) is 9.98. The summed E-state index contributed by atoms with van der Waals surface area (Å²) in [5, 5.41) is 0. The maximum absolute atomic E-state index is 4.84. The third kappa shape index (κ3) is 4.56. The van der Waals surface area contributed by atoms with Crippen LogP contribution in [0.5, 0.6) is 0 Å². The molecule has 0 saturated heterocycles. The predicted octanol–water partition coefficient (Wildman–Crippen LogP) is 7.39. The van der Waals surface area contributed by atoms with Crippen LogP contribution in [0.3, 0.4) is 0 Å². The van der Waals surface area contributed by atoms with Gasteiger partial charge in [0.1, 0.15) is 0 Å². The Morgan fingerprint density at radius 3 is 2.04 bits per heavy atom. The summed E-state index contributed by atoms with van der Waals surface area (Å²) in [6, 6.07) is 14.8. The summed E-state index contributed by atoms with van der Waals surface area (Å²) in [7, 11) is 0. The van der Waals surface area contributed by atoms with Gasteiger partial charge in [-0.25, -0.2) is 0 Å². The van der Waals surface area contributed by atoms with Crippen LogP contribution in [0, 0.1) is 13.8 Å². The second-order valence-electron chi connectivity index (χ2n) is 7.74. The van der Waals surface area contributed by atoms with Crippen molar-refractivity contribution in [3.63, 3.8) is 0 Å². The zero-order valence-electron chi connectivity index (χ0n) is 18.3. The topological polar surface area (TPSA) is 25.8 Å². The van der Waals surface area contributed by atoms with E-state index in [4.69, 9.17) is 4.98 Å². The molecule has 1 aromatic carbocycles. The summed E-state index contributed by atoms with van der Waals surface area (Å²) in [5.41, 5.74) is 8.92. The summed E-state index contributed by atoms with van der Waals surface area (Å²) in [6.45, 7) is 18.8. The van der Waals surface area contributed by atoms with Gasteiger partial charge in [0.15, 0.2) is 0 Å². The van der Waals surface area contributed by atoms with Gasteiger partial charge in [0.05, 0.1) is 11.4 Å². The molecule has 0 bridgehead atoms. The third-order valence-electron chi connectivity index (χ3n) is 4.84. The molecule has 3 rings (SSSR count). The lowest BCUT2D eigenvalue weighted by Crippen LogP contribution is -2.12. The molecule has 2 aromatic heterocycles. The second-order valence-corrected chi connectivity index (χ2v) is 7.74. The Balaban J connectivity index is 0.00000136. The van der Waals surface area contributed by atoms with E-state index < -0.39 is 0 Å². The van der Waals surface area contributed by atoms with E-state index in [1.807, 2.05) is 45.2 Å². The molecule has 0 saturated carbocycles. The molecule has 0 aliphatic heterocycles. The standard InChI is InChI=1S/C24H26N2.C2H6/c1-7-18-11-12-23(26-17(18)3)21-15-19(24(4,5)6)14-20(16(21)2)22-10-8-9-13-25-22;1-2/h7-15H,1H2,2-6H3;1-2H3. The van der Waals surface area contributed by atoms with Crippen LogP contribution in [0.15, 0.2) is 55.2 Å². The zero-order valence-corrected chi connectivity index (χ0v) is 18.3. The second kappa shape index (κ2) is 8.97. The van der Waals surface area contributed by atoms with Gasteiger partial charge < -0.3 is 0 Å². The Labute approximate surface area is 170 Å². The van der Waals surface area contributed by atoms with Gasteiger partial charge in [0.25, 0.3) is 0 Å². The number of pyridine rings is 2. The van der Waals surface area contributed by atoms with E-state index in [2.05, 4.69) is 69.6 Å². The Morgan fingerprint density at radius 2 is 1.54 bits per heavy atom. The number of hydrogen-bond acceptors (Lipinski definition) is 2. The lowest BCUT2D eigenvalue weighted by Gasteiger charge is -2.23. The summed E-state index contributed by atoms with van der Waals surface area (Å²) in [6.07, 6.45) is 3.70. The fourth-order valence-corrected chi connectivity index (χ4v) is 3.14. The van der Waals surface area contributed by atoms with Gasteiger partial charge in [-0.1, -0.05) is 59.4 Å². The van der Waals surface area contributed by atoms with Crippen molar-refractivity contribution in [2.24, 2.45) is 0 Å². The number of hydrogen-bond donors (Lipinski definition) is 0. The summed E-state index contributed by atoms with van der Waals surface area (Å²) < 4.78 is 0.